The van der Waals surface area contributed by atoms with Crippen LogP contribution in [-0.4, -0.2) is 10.1 Å². The molecule has 3 rings (SSSR count). The lowest BCUT2D eigenvalue weighted by atomic mass is 10.2. The fourth-order valence-electron chi connectivity index (χ4n) is 2.46. The van der Waals surface area contributed by atoms with Gasteiger partial charge >= 0.3 is 0 Å². The number of rotatable bonds is 6. The zero-order valence-corrected chi connectivity index (χ0v) is 15.8. The molecule has 0 aliphatic rings. The highest BCUT2D eigenvalue weighted by atomic mass is 35.5. The van der Waals surface area contributed by atoms with E-state index in [4.69, 9.17) is 16.0 Å². The molecule has 0 saturated carbocycles. The van der Waals surface area contributed by atoms with Crippen molar-refractivity contribution in [3.63, 3.8) is 0 Å². The summed E-state index contributed by atoms with van der Waals surface area (Å²) in [5.74, 6) is 0.615. The van der Waals surface area contributed by atoms with E-state index in [0.717, 1.165) is 16.0 Å². The molecule has 0 fully saturated rings. The van der Waals surface area contributed by atoms with Gasteiger partial charge < -0.3 is 9.73 Å². The molecule has 134 valence electrons. The van der Waals surface area contributed by atoms with Crippen molar-refractivity contribution in [1.82, 2.24) is 5.32 Å². The van der Waals surface area contributed by atoms with Crippen LogP contribution < -0.4 is 5.32 Å². The number of aryl methyl sites for hydroxylation is 1. The van der Waals surface area contributed by atoms with Gasteiger partial charge in [0.2, 0.25) is 0 Å². The Bertz CT molecular complexity index is 951. The van der Waals surface area contributed by atoms with Gasteiger partial charge in [0.1, 0.15) is 5.76 Å². The summed E-state index contributed by atoms with van der Waals surface area (Å²) >= 11 is 5.93. The largest absolute Gasteiger partial charge is 0.455 e. The van der Waals surface area contributed by atoms with Crippen molar-refractivity contribution in [2.75, 3.05) is 0 Å². The number of hydrogen-bond donors (Lipinski definition) is 1. The second-order valence-corrected chi connectivity index (χ2v) is 7.77. The summed E-state index contributed by atoms with van der Waals surface area (Å²) < 4.78 is 18.0. The number of carbonyl (C=O) groups excluding carboxylic acids is 1. The van der Waals surface area contributed by atoms with E-state index in [0.29, 0.717) is 17.3 Å². The molecule has 1 atom stereocenters. The molecule has 4 nitrogen and oxygen atoms in total. The Morgan fingerprint density at radius 3 is 2.69 bits per heavy atom. The Hall–Kier alpha value is -2.37. The molecule has 1 heterocycles. The first-order valence-electron chi connectivity index (χ1n) is 8.07. The topological polar surface area (TPSA) is 59.3 Å². The van der Waals surface area contributed by atoms with Gasteiger partial charge in [-0.15, -0.1) is 0 Å². The molecule has 1 aromatic heterocycles. The average molecular weight is 388 g/mol. The molecule has 0 radical (unpaired) electrons. The van der Waals surface area contributed by atoms with Crippen molar-refractivity contribution in [1.29, 1.82) is 0 Å². The van der Waals surface area contributed by atoms with Gasteiger partial charge in [0, 0.05) is 16.5 Å². The van der Waals surface area contributed by atoms with Crippen LogP contribution in [0.2, 0.25) is 5.02 Å². The average Bonchev–Trinajstić information content (AvgIpc) is 3.08. The highest BCUT2D eigenvalue weighted by Crippen LogP contribution is 2.16. The summed E-state index contributed by atoms with van der Waals surface area (Å²) in [6.45, 7) is 2.31. The zero-order chi connectivity index (χ0) is 18.5. The fraction of sp³-hybridized carbons (Fsp3) is 0.150. The third-order valence-electron chi connectivity index (χ3n) is 3.75. The number of amides is 1. The minimum absolute atomic E-state index is 0.197. The Labute approximate surface area is 159 Å². The van der Waals surface area contributed by atoms with Gasteiger partial charge in [-0.25, -0.2) is 0 Å². The molecular weight excluding hydrogens is 370 g/mol. The molecule has 0 aliphatic carbocycles. The molecule has 0 saturated heterocycles. The molecule has 3 aromatic rings. The Kier molecular flexibility index (Phi) is 5.91. The van der Waals surface area contributed by atoms with Crippen molar-refractivity contribution in [3.05, 3.63) is 88.3 Å². The predicted molar refractivity (Wildman–Crippen MR) is 103 cm³/mol. The third kappa shape index (κ3) is 4.84. The lowest BCUT2D eigenvalue weighted by Crippen LogP contribution is -2.22. The predicted octanol–water partition coefficient (Wildman–Crippen LogP) is 4.48. The van der Waals surface area contributed by atoms with Crippen molar-refractivity contribution < 1.29 is 13.4 Å². The fourth-order valence-corrected chi connectivity index (χ4v) is 3.80. The maximum Gasteiger partial charge on any atom is 0.287 e. The monoisotopic (exact) mass is 387 g/mol. The van der Waals surface area contributed by atoms with Gasteiger partial charge in [0.25, 0.3) is 5.91 Å². The summed E-state index contributed by atoms with van der Waals surface area (Å²) in [5, 5.41) is 3.40. The van der Waals surface area contributed by atoms with Crippen molar-refractivity contribution >= 4 is 28.3 Å². The number of carbonyl (C=O) groups is 1. The number of halogens is 1. The van der Waals surface area contributed by atoms with Gasteiger partial charge in [-0.2, -0.15) is 0 Å². The maximum absolute atomic E-state index is 12.4. The van der Waals surface area contributed by atoms with Gasteiger partial charge in [0.05, 0.1) is 16.6 Å². The van der Waals surface area contributed by atoms with Crippen LogP contribution in [0.5, 0.6) is 0 Å². The summed E-state index contributed by atoms with van der Waals surface area (Å²) in [5.41, 5.74) is 1.95. The second kappa shape index (κ2) is 8.34. The molecule has 2 aromatic carbocycles. The molecule has 0 spiro atoms. The van der Waals surface area contributed by atoms with Crippen LogP contribution in [0.25, 0.3) is 0 Å². The number of benzene rings is 2. The quantitative estimate of drug-likeness (QED) is 0.678. The number of furan rings is 1. The summed E-state index contributed by atoms with van der Waals surface area (Å²) in [6, 6.07) is 18.1. The molecule has 0 bridgehead atoms. The van der Waals surface area contributed by atoms with Crippen LogP contribution in [-0.2, 0) is 23.1 Å². The van der Waals surface area contributed by atoms with Gasteiger partial charge in [-0.3, -0.25) is 9.00 Å². The van der Waals surface area contributed by atoms with E-state index in [2.05, 4.69) is 5.32 Å². The van der Waals surface area contributed by atoms with Crippen LogP contribution in [0, 0.1) is 6.92 Å². The van der Waals surface area contributed by atoms with E-state index in [1.807, 2.05) is 43.3 Å². The molecule has 1 amide bonds. The van der Waals surface area contributed by atoms with Crippen molar-refractivity contribution in [2.45, 2.75) is 24.1 Å². The van der Waals surface area contributed by atoms with Crippen molar-refractivity contribution in [3.8, 4) is 0 Å². The number of hydrogen-bond acceptors (Lipinski definition) is 3. The third-order valence-corrected chi connectivity index (χ3v) is 5.31. The van der Waals surface area contributed by atoms with Gasteiger partial charge in [-0.05, 0) is 54.4 Å². The lowest BCUT2D eigenvalue weighted by molar-refractivity contribution is 0.0921. The van der Waals surface area contributed by atoms with Crippen LogP contribution in [0.3, 0.4) is 0 Å². The lowest BCUT2D eigenvalue weighted by Gasteiger charge is -2.04. The standard InChI is InChI=1S/C20H18ClNO3S/c1-14-4-2-7-18(10-14)26(24)13-17-8-9-19(25-17)20(23)22-12-15-5-3-6-16(21)11-15/h2-11H,12-13H2,1H3,(H,22,23)/t26-/m0/s1. The van der Waals surface area contributed by atoms with E-state index < -0.39 is 10.8 Å². The molecule has 1 N–H and O–H groups in total. The van der Waals surface area contributed by atoms with Gasteiger partial charge in [-0.1, -0.05) is 35.9 Å². The normalized spacial score (nSPS) is 11.9. The minimum atomic E-state index is -1.22. The smallest absolute Gasteiger partial charge is 0.287 e. The first-order chi connectivity index (χ1) is 12.5. The molecular formula is C20H18ClNO3S. The molecule has 26 heavy (non-hydrogen) atoms. The molecule has 6 heteroatoms. The van der Waals surface area contributed by atoms with Crippen LogP contribution >= 0.6 is 11.6 Å². The Morgan fingerprint density at radius 2 is 1.92 bits per heavy atom. The first-order valence-corrected chi connectivity index (χ1v) is 9.77. The summed E-state index contributed by atoms with van der Waals surface area (Å²) in [6.07, 6.45) is 0. The summed E-state index contributed by atoms with van der Waals surface area (Å²) in [4.78, 5) is 12.9. The SMILES string of the molecule is Cc1cccc([S@@](=O)Cc2ccc(C(=O)NCc3cccc(Cl)c3)o2)c1. The van der Waals surface area contributed by atoms with E-state index in [-0.39, 0.29) is 17.4 Å². The van der Waals surface area contributed by atoms with Crippen LogP contribution in [0.1, 0.15) is 27.4 Å². The summed E-state index contributed by atoms with van der Waals surface area (Å²) in [7, 11) is -1.22. The van der Waals surface area contributed by atoms with E-state index >= 15 is 0 Å². The Balaban J connectivity index is 1.60. The highest BCUT2D eigenvalue weighted by Gasteiger charge is 2.13. The maximum atomic E-state index is 12.4. The van der Waals surface area contributed by atoms with Crippen molar-refractivity contribution in [2.24, 2.45) is 0 Å². The van der Waals surface area contributed by atoms with Crippen LogP contribution in [0.4, 0.5) is 0 Å². The molecule has 0 aliphatic heterocycles. The zero-order valence-electron chi connectivity index (χ0n) is 14.2. The first kappa shape index (κ1) is 18.4. The highest BCUT2D eigenvalue weighted by molar-refractivity contribution is 7.84. The van der Waals surface area contributed by atoms with E-state index in [9.17, 15) is 9.00 Å². The molecule has 0 unspecified atom stereocenters. The van der Waals surface area contributed by atoms with E-state index in [1.54, 1.807) is 24.3 Å². The van der Waals surface area contributed by atoms with Crippen LogP contribution in [0.15, 0.2) is 70.0 Å². The van der Waals surface area contributed by atoms with E-state index in [1.165, 1.54) is 0 Å². The number of nitrogens with one attached hydrogen (secondary N) is 1. The Morgan fingerprint density at radius 1 is 1.12 bits per heavy atom. The minimum Gasteiger partial charge on any atom is -0.455 e. The van der Waals surface area contributed by atoms with Gasteiger partial charge in [0.15, 0.2) is 5.76 Å². The second-order valence-electron chi connectivity index (χ2n) is 5.88.